The standard InChI is InChI=1S/C13H18N2O4/c1-9-11(4-3-5-12(9)15(17)18)14-8-13(16)6-7-19-10(13)2/h3-5,10,14,16H,6-8H2,1-2H3. The summed E-state index contributed by atoms with van der Waals surface area (Å²) >= 11 is 0. The van der Waals surface area contributed by atoms with Crippen LogP contribution in [-0.2, 0) is 4.74 Å². The van der Waals surface area contributed by atoms with E-state index in [1.54, 1.807) is 19.1 Å². The number of nitrogens with zero attached hydrogens (tertiary/aromatic N) is 1. The summed E-state index contributed by atoms with van der Waals surface area (Å²) in [5.41, 5.74) is 0.397. The van der Waals surface area contributed by atoms with Crippen molar-refractivity contribution in [1.29, 1.82) is 0 Å². The SMILES string of the molecule is Cc1c(NCC2(O)CCOC2C)cccc1[N+](=O)[O-]. The van der Waals surface area contributed by atoms with Crippen LogP contribution < -0.4 is 5.32 Å². The molecule has 0 spiro atoms. The Balaban J connectivity index is 2.12. The van der Waals surface area contributed by atoms with Gasteiger partial charge in [0.2, 0.25) is 0 Å². The van der Waals surface area contributed by atoms with Gasteiger partial charge in [-0.3, -0.25) is 10.1 Å². The summed E-state index contributed by atoms with van der Waals surface area (Å²) in [6, 6.07) is 4.87. The third-order valence-electron chi connectivity index (χ3n) is 3.75. The van der Waals surface area contributed by atoms with Crippen LogP contribution in [0.15, 0.2) is 18.2 Å². The van der Waals surface area contributed by atoms with Gasteiger partial charge in [0.05, 0.1) is 11.0 Å². The molecule has 0 saturated carbocycles. The number of ether oxygens (including phenoxy) is 1. The summed E-state index contributed by atoms with van der Waals surface area (Å²) in [5, 5.41) is 24.3. The van der Waals surface area contributed by atoms with Crippen LogP contribution in [0.2, 0.25) is 0 Å². The number of anilines is 1. The molecular formula is C13H18N2O4. The summed E-state index contributed by atoms with van der Waals surface area (Å²) in [5.74, 6) is 0. The molecule has 1 saturated heterocycles. The average molecular weight is 266 g/mol. The van der Waals surface area contributed by atoms with Crippen LogP contribution in [0.25, 0.3) is 0 Å². The molecule has 1 aliphatic heterocycles. The molecule has 1 fully saturated rings. The first-order valence-corrected chi connectivity index (χ1v) is 6.26. The maximum absolute atomic E-state index is 10.9. The molecule has 0 radical (unpaired) electrons. The Kier molecular flexibility index (Phi) is 3.73. The number of hydrogen-bond acceptors (Lipinski definition) is 5. The molecule has 0 amide bonds. The number of nitro groups is 1. The van der Waals surface area contributed by atoms with Crippen molar-refractivity contribution < 1.29 is 14.8 Å². The summed E-state index contributed by atoms with van der Waals surface area (Å²) in [4.78, 5) is 10.5. The van der Waals surface area contributed by atoms with E-state index in [1.807, 2.05) is 6.92 Å². The van der Waals surface area contributed by atoms with Gasteiger partial charge in [0.25, 0.3) is 5.69 Å². The van der Waals surface area contributed by atoms with Crippen LogP contribution in [0.5, 0.6) is 0 Å². The smallest absolute Gasteiger partial charge is 0.274 e. The predicted molar refractivity (Wildman–Crippen MR) is 71.3 cm³/mol. The zero-order chi connectivity index (χ0) is 14.0. The van der Waals surface area contributed by atoms with Crippen molar-refractivity contribution in [1.82, 2.24) is 0 Å². The van der Waals surface area contributed by atoms with Crippen molar-refractivity contribution >= 4 is 11.4 Å². The van der Waals surface area contributed by atoms with E-state index < -0.39 is 10.5 Å². The first-order chi connectivity index (χ1) is 8.94. The zero-order valence-electron chi connectivity index (χ0n) is 11.0. The van der Waals surface area contributed by atoms with Crippen LogP contribution in [0.4, 0.5) is 11.4 Å². The quantitative estimate of drug-likeness (QED) is 0.641. The average Bonchev–Trinajstić information content (AvgIpc) is 2.68. The monoisotopic (exact) mass is 266 g/mol. The highest BCUT2D eigenvalue weighted by atomic mass is 16.6. The summed E-state index contributed by atoms with van der Waals surface area (Å²) in [6.07, 6.45) is 0.328. The predicted octanol–water partition coefficient (Wildman–Crippen LogP) is 1.86. The molecule has 2 atom stereocenters. The molecule has 0 aromatic heterocycles. The molecule has 1 aromatic carbocycles. The molecule has 1 aromatic rings. The van der Waals surface area contributed by atoms with E-state index in [9.17, 15) is 15.2 Å². The number of nitrogens with one attached hydrogen (secondary N) is 1. The second kappa shape index (κ2) is 5.14. The Morgan fingerprint density at radius 2 is 2.37 bits per heavy atom. The number of benzene rings is 1. The van der Waals surface area contributed by atoms with Gasteiger partial charge in [-0.25, -0.2) is 0 Å². The minimum atomic E-state index is -0.920. The minimum absolute atomic E-state index is 0.0766. The van der Waals surface area contributed by atoms with E-state index in [2.05, 4.69) is 5.32 Å². The largest absolute Gasteiger partial charge is 0.385 e. The number of aliphatic hydroxyl groups is 1. The fourth-order valence-corrected chi connectivity index (χ4v) is 2.26. The van der Waals surface area contributed by atoms with E-state index in [0.717, 1.165) is 0 Å². The van der Waals surface area contributed by atoms with Gasteiger partial charge in [-0.05, 0) is 19.9 Å². The van der Waals surface area contributed by atoms with Gasteiger partial charge >= 0.3 is 0 Å². The molecule has 104 valence electrons. The third kappa shape index (κ3) is 2.69. The first-order valence-electron chi connectivity index (χ1n) is 6.26. The van der Waals surface area contributed by atoms with Gasteiger partial charge in [-0.1, -0.05) is 6.07 Å². The molecule has 2 N–H and O–H groups in total. The lowest BCUT2D eigenvalue weighted by Gasteiger charge is -2.27. The van der Waals surface area contributed by atoms with E-state index in [-0.39, 0.29) is 11.8 Å². The maximum atomic E-state index is 10.9. The zero-order valence-corrected chi connectivity index (χ0v) is 11.0. The van der Waals surface area contributed by atoms with Gasteiger partial charge in [0.1, 0.15) is 5.60 Å². The van der Waals surface area contributed by atoms with Crippen LogP contribution in [0.3, 0.4) is 0 Å². The van der Waals surface area contributed by atoms with E-state index in [1.165, 1.54) is 6.07 Å². The Bertz CT molecular complexity index is 492. The third-order valence-corrected chi connectivity index (χ3v) is 3.75. The molecule has 0 bridgehead atoms. The summed E-state index contributed by atoms with van der Waals surface area (Å²) < 4.78 is 5.35. The molecule has 6 nitrogen and oxygen atoms in total. The Labute approximate surface area is 111 Å². The van der Waals surface area contributed by atoms with E-state index in [4.69, 9.17) is 4.74 Å². The number of nitro benzene ring substituents is 1. The highest BCUT2D eigenvalue weighted by Gasteiger charge is 2.39. The van der Waals surface area contributed by atoms with Gasteiger partial charge in [0.15, 0.2) is 0 Å². The van der Waals surface area contributed by atoms with Crippen molar-refractivity contribution in [2.24, 2.45) is 0 Å². The maximum Gasteiger partial charge on any atom is 0.274 e. The lowest BCUT2D eigenvalue weighted by Crippen LogP contribution is -2.43. The van der Waals surface area contributed by atoms with Crippen LogP contribution in [0, 0.1) is 17.0 Å². The highest BCUT2D eigenvalue weighted by molar-refractivity contribution is 5.59. The minimum Gasteiger partial charge on any atom is -0.385 e. The number of hydrogen-bond donors (Lipinski definition) is 2. The lowest BCUT2D eigenvalue weighted by molar-refractivity contribution is -0.385. The Hall–Kier alpha value is -1.66. The summed E-state index contributed by atoms with van der Waals surface area (Å²) in [6.45, 7) is 4.37. The molecule has 2 rings (SSSR count). The normalized spacial score (nSPS) is 26.4. The topological polar surface area (TPSA) is 84.6 Å². The fourth-order valence-electron chi connectivity index (χ4n) is 2.26. The van der Waals surface area contributed by atoms with Crippen LogP contribution in [-0.4, -0.2) is 34.9 Å². The van der Waals surface area contributed by atoms with Gasteiger partial charge in [0, 0.05) is 36.9 Å². The van der Waals surface area contributed by atoms with Crippen LogP contribution in [0.1, 0.15) is 18.9 Å². The highest BCUT2D eigenvalue weighted by Crippen LogP contribution is 2.29. The van der Waals surface area contributed by atoms with Crippen LogP contribution >= 0.6 is 0 Å². The van der Waals surface area contributed by atoms with Crippen molar-refractivity contribution in [3.63, 3.8) is 0 Å². The van der Waals surface area contributed by atoms with Gasteiger partial charge < -0.3 is 15.2 Å². The lowest BCUT2D eigenvalue weighted by atomic mass is 9.96. The second-order valence-corrected chi connectivity index (χ2v) is 4.93. The second-order valence-electron chi connectivity index (χ2n) is 4.93. The molecule has 1 heterocycles. The number of rotatable bonds is 4. The summed E-state index contributed by atoms with van der Waals surface area (Å²) in [7, 11) is 0. The molecular weight excluding hydrogens is 248 g/mol. The molecule has 2 unspecified atom stereocenters. The van der Waals surface area contributed by atoms with Crippen molar-refractivity contribution in [3.05, 3.63) is 33.9 Å². The van der Waals surface area contributed by atoms with E-state index in [0.29, 0.717) is 30.8 Å². The van der Waals surface area contributed by atoms with E-state index >= 15 is 0 Å². The Morgan fingerprint density at radius 3 is 2.95 bits per heavy atom. The fraction of sp³-hybridized carbons (Fsp3) is 0.538. The van der Waals surface area contributed by atoms with Crippen molar-refractivity contribution in [3.8, 4) is 0 Å². The molecule has 1 aliphatic rings. The van der Waals surface area contributed by atoms with Crippen molar-refractivity contribution in [2.45, 2.75) is 32.0 Å². The Morgan fingerprint density at radius 1 is 1.63 bits per heavy atom. The first kappa shape index (κ1) is 13.8. The van der Waals surface area contributed by atoms with Crippen molar-refractivity contribution in [2.75, 3.05) is 18.5 Å². The van der Waals surface area contributed by atoms with Gasteiger partial charge in [-0.2, -0.15) is 0 Å². The molecule has 19 heavy (non-hydrogen) atoms. The molecule has 6 heteroatoms. The van der Waals surface area contributed by atoms with Gasteiger partial charge in [-0.15, -0.1) is 0 Å². The molecule has 0 aliphatic carbocycles.